The molecule has 0 heterocycles. The third-order valence-electron chi connectivity index (χ3n) is 3.69. The molecule has 1 nitrogen and oxygen atoms in total. The highest BCUT2D eigenvalue weighted by atomic mass is 31.1. The lowest BCUT2D eigenvalue weighted by atomic mass is 10.1. The molecule has 2 heteroatoms. The number of rotatable bonds is 3. The number of phenols is 1. The molecule has 0 unspecified atom stereocenters. The van der Waals surface area contributed by atoms with Crippen molar-refractivity contribution in [1.82, 2.24) is 0 Å². The highest BCUT2D eigenvalue weighted by Gasteiger charge is 2.20. The van der Waals surface area contributed by atoms with Gasteiger partial charge in [0.05, 0.1) is 0 Å². The topological polar surface area (TPSA) is 20.2 Å². The van der Waals surface area contributed by atoms with Gasteiger partial charge in [0.25, 0.3) is 0 Å². The van der Waals surface area contributed by atoms with Crippen LogP contribution >= 0.6 is 7.92 Å². The van der Waals surface area contributed by atoms with Gasteiger partial charge in [0.15, 0.2) is 0 Å². The standard InChI is InChI=1S/C20H19OP/c1-15-13-16(2)20(21)19(14-15)22(17-9-5-3-6-10-17)18-11-7-4-8-12-18/h3-14,21H,1-2H3. The lowest BCUT2D eigenvalue weighted by Crippen LogP contribution is -2.21. The number of hydrogen-bond acceptors (Lipinski definition) is 1. The van der Waals surface area contributed by atoms with Crippen molar-refractivity contribution in [3.63, 3.8) is 0 Å². The van der Waals surface area contributed by atoms with Crippen molar-refractivity contribution in [3.05, 3.63) is 83.9 Å². The van der Waals surface area contributed by atoms with Crippen LogP contribution in [0, 0.1) is 13.8 Å². The van der Waals surface area contributed by atoms with Crippen LogP contribution in [0.25, 0.3) is 0 Å². The van der Waals surface area contributed by atoms with Gasteiger partial charge >= 0.3 is 0 Å². The highest BCUT2D eigenvalue weighted by molar-refractivity contribution is 7.80. The summed E-state index contributed by atoms with van der Waals surface area (Å²) < 4.78 is 0. The molecule has 0 spiro atoms. The van der Waals surface area contributed by atoms with Gasteiger partial charge in [0.1, 0.15) is 5.75 Å². The molecule has 3 rings (SSSR count). The van der Waals surface area contributed by atoms with Gasteiger partial charge in [-0.25, -0.2) is 0 Å². The molecule has 0 saturated heterocycles. The average Bonchev–Trinajstić information content (AvgIpc) is 2.54. The molecule has 0 bridgehead atoms. The molecular formula is C20H19OP. The van der Waals surface area contributed by atoms with Crippen molar-refractivity contribution in [1.29, 1.82) is 0 Å². The first-order valence-electron chi connectivity index (χ1n) is 7.37. The quantitative estimate of drug-likeness (QED) is 0.730. The predicted molar refractivity (Wildman–Crippen MR) is 96.3 cm³/mol. The van der Waals surface area contributed by atoms with Crippen LogP contribution in [0.15, 0.2) is 72.8 Å². The summed E-state index contributed by atoms with van der Waals surface area (Å²) in [6.45, 7) is 4.05. The predicted octanol–water partition coefficient (Wildman–Crippen LogP) is 3.77. The number of phenolic OH excluding ortho intramolecular Hbond substituents is 1. The van der Waals surface area contributed by atoms with E-state index in [9.17, 15) is 5.11 Å². The third kappa shape index (κ3) is 2.91. The van der Waals surface area contributed by atoms with Gasteiger partial charge in [-0.1, -0.05) is 66.7 Å². The monoisotopic (exact) mass is 306 g/mol. The second-order valence-electron chi connectivity index (χ2n) is 5.46. The van der Waals surface area contributed by atoms with E-state index in [0.717, 1.165) is 10.9 Å². The Hall–Kier alpha value is -2.11. The van der Waals surface area contributed by atoms with E-state index in [1.165, 1.54) is 16.2 Å². The van der Waals surface area contributed by atoms with Gasteiger partial charge in [0.2, 0.25) is 0 Å². The molecule has 0 atom stereocenters. The van der Waals surface area contributed by atoms with Crippen LogP contribution in [-0.2, 0) is 0 Å². The van der Waals surface area contributed by atoms with Crippen molar-refractivity contribution in [2.75, 3.05) is 0 Å². The zero-order valence-electron chi connectivity index (χ0n) is 12.8. The fourth-order valence-corrected chi connectivity index (χ4v) is 5.21. The minimum atomic E-state index is -0.749. The molecule has 0 fully saturated rings. The van der Waals surface area contributed by atoms with Gasteiger partial charge in [-0.3, -0.25) is 0 Å². The van der Waals surface area contributed by atoms with Gasteiger partial charge < -0.3 is 5.11 Å². The van der Waals surface area contributed by atoms with Gasteiger partial charge in [-0.05, 0) is 49.6 Å². The Kier molecular flexibility index (Phi) is 4.27. The minimum absolute atomic E-state index is 0.421. The highest BCUT2D eigenvalue weighted by Crippen LogP contribution is 2.37. The van der Waals surface area contributed by atoms with Crippen molar-refractivity contribution in [3.8, 4) is 5.75 Å². The molecule has 1 N–H and O–H groups in total. The first-order chi connectivity index (χ1) is 10.7. The molecule has 0 aliphatic rings. The largest absolute Gasteiger partial charge is 0.507 e. The SMILES string of the molecule is Cc1cc(C)c(O)c(P(c2ccccc2)c2ccccc2)c1. The van der Waals surface area contributed by atoms with E-state index >= 15 is 0 Å². The van der Waals surface area contributed by atoms with E-state index in [-0.39, 0.29) is 0 Å². The van der Waals surface area contributed by atoms with Crippen LogP contribution < -0.4 is 15.9 Å². The molecule has 110 valence electrons. The number of benzene rings is 3. The van der Waals surface area contributed by atoms with Crippen molar-refractivity contribution >= 4 is 23.8 Å². The second-order valence-corrected chi connectivity index (χ2v) is 7.64. The van der Waals surface area contributed by atoms with Gasteiger partial charge in [-0.15, -0.1) is 0 Å². The van der Waals surface area contributed by atoms with E-state index < -0.39 is 7.92 Å². The summed E-state index contributed by atoms with van der Waals surface area (Å²) in [4.78, 5) is 0. The van der Waals surface area contributed by atoms with Crippen molar-refractivity contribution in [2.24, 2.45) is 0 Å². The molecule has 0 aromatic heterocycles. The summed E-state index contributed by atoms with van der Waals surface area (Å²) in [6, 6.07) is 25.1. The van der Waals surface area contributed by atoms with E-state index in [1.54, 1.807) is 0 Å². The number of aryl methyl sites for hydroxylation is 2. The Morgan fingerprint density at radius 2 is 1.23 bits per heavy atom. The van der Waals surface area contributed by atoms with E-state index in [0.29, 0.717) is 5.75 Å². The van der Waals surface area contributed by atoms with E-state index in [2.05, 4.69) is 61.5 Å². The smallest absolute Gasteiger partial charge is 0.126 e. The van der Waals surface area contributed by atoms with Crippen LogP contribution in [0.2, 0.25) is 0 Å². The second kappa shape index (κ2) is 6.34. The van der Waals surface area contributed by atoms with E-state index in [1.807, 2.05) is 25.1 Å². The Balaban J connectivity index is 2.23. The van der Waals surface area contributed by atoms with Crippen LogP contribution in [0.1, 0.15) is 11.1 Å². The Bertz CT molecular complexity index is 727. The molecule has 0 aliphatic carbocycles. The lowest BCUT2D eigenvalue weighted by Gasteiger charge is -2.21. The summed E-state index contributed by atoms with van der Waals surface area (Å²) >= 11 is 0. The lowest BCUT2D eigenvalue weighted by molar-refractivity contribution is 0.475. The van der Waals surface area contributed by atoms with Crippen LogP contribution in [0.4, 0.5) is 0 Å². The summed E-state index contributed by atoms with van der Waals surface area (Å²) in [5.41, 5.74) is 2.12. The average molecular weight is 306 g/mol. The first kappa shape index (κ1) is 14.8. The number of hydrogen-bond donors (Lipinski definition) is 1. The number of aromatic hydroxyl groups is 1. The molecule has 3 aromatic carbocycles. The molecule has 0 amide bonds. The summed E-state index contributed by atoms with van der Waals surface area (Å²) in [5.74, 6) is 0.421. The Morgan fingerprint density at radius 1 is 0.727 bits per heavy atom. The van der Waals surface area contributed by atoms with Crippen molar-refractivity contribution < 1.29 is 5.11 Å². The molecule has 0 saturated carbocycles. The Labute approximate surface area is 133 Å². The normalized spacial score (nSPS) is 10.9. The van der Waals surface area contributed by atoms with Gasteiger partial charge in [-0.2, -0.15) is 0 Å². The summed E-state index contributed by atoms with van der Waals surface area (Å²) in [6.07, 6.45) is 0. The maximum atomic E-state index is 10.6. The Morgan fingerprint density at radius 3 is 1.73 bits per heavy atom. The fraction of sp³-hybridized carbons (Fsp3) is 0.100. The first-order valence-corrected chi connectivity index (χ1v) is 8.71. The summed E-state index contributed by atoms with van der Waals surface area (Å²) in [7, 11) is -0.749. The third-order valence-corrected chi connectivity index (χ3v) is 6.15. The molecular weight excluding hydrogens is 287 g/mol. The molecule has 0 radical (unpaired) electrons. The van der Waals surface area contributed by atoms with E-state index in [4.69, 9.17) is 0 Å². The van der Waals surface area contributed by atoms with Crippen molar-refractivity contribution in [2.45, 2.75) is 13.8 Å². The fourth-order valence-electron chi connectivity index (χ4n) is 2.69. The van der Waals surface area contributed by atoms with Crippen LogP contribution in [0.3, 0.4) is 0 Å². The minimum Gasteiger partial charge on any atom is -0.507 e. The van der Waals surface area contributed by atoms with Crippen LogP contribution in [0.5, 0.6) is 5.75 Å². The van der Waals surface area contributed by atoms with Crippen LogP contribution in [-0.4, -0.2) is 5.11 Å². The zero-order chi connectivity index (χ0) is 15.5. The maximum Gasteiger partial charge on any atom is 0.126 e. The molecule has 22 heavy (non-hydrogen) atoms. The molecule has 3 aromatic rings. The van der Waals surface area contributed by atoms with Gasteiger partial charge in [0, 0.05) is 5.30 Å². The summed E-state index contributed by atoms with van der Waals surface area (Å²) in [5, 5.41) is 14.2. The zero-order valence-corrected chi connectivity index (χ0v) is 13.7. The molecule has 0 aliphatic heterocycles. The maximum absolute atomic E-state index is 10.6.